The average molecular weight is 282 g/mol. The van der Waals surface area contributed by atoms with Crippen molar-refractivity contribution in [2.45, 2.75) is 6.54 Å². The first kappa shape index (κ1) is 11.0. The van der Waals surface area contributed by atoms with Crippen LogP contribution < -0.4 is 10.5 Å². The first-order valence-corrected chi connectivity index (χ1v) is 5.59. The number of hydrogen-bond donors (Lipinski definition) is 1. The lowest BCUT2D eigenvalue weighted by Gasteiger charge is -2.06. The van der Waals surface area contributed by atoms with Crippen molar-refractivity contribution in [2.75, 3.05) is 12.8 Å². The van der Waals surface area contributed by atoms with Crippen LogP contribution in [0, 0.1) is 0 Å². The van der Waals surface area contributed by atoms with Crippen molar-refractivity contribution in [1.82, 2.24) is 9.78 Å². The van der Waals surface area contributed by atoms with Gasteiger partial charge in [-0.15, -0.1) is 0 Å². The van der Waals surface area contributed by atoms with Gasteiger partial charge in [-0.25, -0.2) is 4.68 Å². The molecular weight excluding hydrogens is 270 g/mol. The molecule has 0 fully saturated rings. The van der Waals surface area contributed by atoms with Crippen molar-refractivity contribution in [1.29, 1.82) is 0 Å². The fourth-order valence-corrected chi connectivity index (χ4v) is 1.74. The summed E-state index contributed by atoms with van der Waals surface area (Å²) in [5, 5.41) is 4.17. The third kappa shape index (κ3) is 2.19. The van der Waals surface area contributed by atoms with Crippen LogP contribution in [0.2, 0.25) is 0 Å². The average Bonchev–Trinajstić information content (AvgIpc) is 2.61. The number of halogens is 1. The molecule has 0 aliphatic carbocycles. The van der Waals surface area contributed by atoms with Crippen LogP contribution in [0.4, 0.5) is 5.82 Å². The highest BCUT2D eigenvalue weighted by atomic mass is 79.9. The summed E-state index contributed by atoms with van der Waals surface area (Å²) in [6.45, 7) is 0.634. The second kappa shape index (κ2) is 4.57. The van der Waals surface area contributed by atoms with Crippen molar-refractivity contribution >= 4 is 21.7 Å². The van der Waals surface area contributed by atoms with Crippen molar-refractivity contribution in [3.8, 4) is 5.75 Å². The quantitative estimate of drug-likeness (QED) is 0.939. The Balaban J connectivity index is 2.23. The molecule has 5 heteroatoms. The minimum absolute atomic E-state index is 0.628. The normalized spacial score (nSPS) is 10.4. The molecule has 0 atom stereocenters. The number of methoxy groups -OCH3 is 1. The maximum atomic E-state index is 5.84. The molecule has 0 saturated carbocycles. The Hall–Kier alpha value is -1.49. The van der Waals surface area contributed by atoms with E-state index in [4.69, 9.17) is 10.5 Å². The van der Waals surface area contributed by atoms with Crippen LogP contribution >= 0.6 is 15.9 Å². The summed E-state index contributed by atoms with van der Waals surface area (Å²) < 4.78 is 7.71. The highest BCUT2D eigenvalue weighted by Gasteiger charge is 2.05. The topological polar surface area (TPSA) is 53.1 Å². The van der Waals surface area contributed by atoms with Crippen LogP contribution in [-0.4, -0.2) is 16.9 Å². The lowest BCUT2D eigenvalue weighted by molar-refractivity contribution is 0.414. The molecule has 1 aromatic carbocycles. The molecule has 84 valence electrons. The Bertz CT molecular complexity index is 496. The van der Waals surface area contributed by atoms with Crippen molar-refractivity contribution < 1.29 is 4.74 Å². The summed E-state index contributed by atoms with van der Waals surface area (Å²) in [4.78, 5) is 0. The zero-order valence-electron chi connectivity index (χ0n) is 8.85. The van der Waals surface area contributed by atoms with Gasteiger partial charge in [0.25, 0.3) is 0 Å². The van der Waals surface area contributed by atoms with E-state index in [9.17, 15) is 0 Å². The van der Waals surface area contributed by atoms with Crippen LogP contribution in [0.5, 0.6) is 5.75 Å². The van der Waals surface area contributed by atoms with Crippen LogP contribution in [0.1, 0.15) is 5.56 Å². The van der Waals surface area contributed by atoms with E-state index >= 15 is 0 Å². The number of rotatable bonds is 3. The van der Waals surface area contributed by atoms with E-state index in [1.807, 2.05) is 24.3 Å². The molecule has 0 bridgehead atoms. The third-order valence-corrected chi connectivity index (χ3v) is 2.91. The number of nitrogen functional groups attached to an aromatic ring is 1. The molecule has 0 saturated heterocycles. The molecule has 1 heterocycles. The molecule has 2 N–H and O–H groups in total. The summed E-state index contributed by atoms with van der Waals surface area (Å²) in [7, 11) is 1.65. The zero-order valence-corrected chi connectivity index (χ0v) is 10.4. The van der Waals surface area contributed by atoms with Crippen LogP contribution in [0.15, 0.2) is 34.9 Å². The van der Waals surface area contributed by atoms with E-state index in [0.29, 0.717) is 12.4 Å². The molecule has 0 spiro atoms. The Morgan fingerprint density at radius 3 is 2.94 bits per heavy atom. The van der Waals surface area contributed by atoms with Crippen molar-refractivity contribution in [2.24, 2.45) is 0 Å². The van der Waals surface area contributed by atoms with Crippen molar-refractivity contribution in [3.05, 3.63) is 40.5 Å². The van der Waals surface area contributed by atoms with E-state index in [-0.39, 0.29) is 0 Å². The third-order valence-electron chi connectivity index (χ3n) is 2.30. The summed E-state index contributed by atoms with van der Waals surface area (Å²) in [5.41, 5.74) is 6.94. The van der Waals surface area contributed by atoms with Gasteiger partial charge in [0.1, 0.15) is 11.6 Å². The summed E-state index contributed by atoms with van der Waals surface area (Å²) in [6, 6.07) is 7.83. The SMILES string of the molecule is COc1cccc(Cn2ncc(Br)c2N)c1. The molecule has 1 aromatic heterocycles. The van der Waals surface area contributed by atoms with Gasteiger partial charge in [-0.2, -0.15) is 5.10 Å². The first-order chi connectivity index (χ1) is 7.70. The monoisotopic (exact) mass is 281 g/mol. The Labute approximate surface area is 102 Å². The number of nitrogens with zero attached hydrogens (tertiary/aromatic N) is 2. The fraction of sp³-hybridized carbons (Fsp3) is 0.182. The number of hydrogen-bond acceptors (Lipinski definition) is 3. The lowest BCUT2D eigenvalue weighted by Crippen LogP contribution is -2.05. The summed E-state index contributed by atoms with van der Waals surface area (Å²) in [5.74, 6) is 1.46. The Morgan fingerprint density at radius 1 is 1.50 bits per heavy atom. The molecule has 0 aliphatic heterocycles. The molecule has 16 heavy (non-hydrogen) atoms. The number of benzene rings is 1. The van der Waals surface area contributed by atoms with Gasteiger partial charge in [0.2, 0.25) is 0 Å². The van der Waals surface area contributed by atoms with Gasteiger partial charge in [0, 0.05) is 0 Å². The Morgan fingerprint density at radius 2 is 2.31 bits per heavy atom. The van der Waals surface area contributed by atoms with Crippen LogP contribution in [0.25, 0.3) is 0 Å². The van der Waals surface area contributed by atoms with E-state index < -0.39 is 0 Å². The predicted molar refractivity (Wildman–Crippen MR) is 66.4 cm³/mol. The van der Waals surface area contributed by atoms with Gasteiger partial charge in [0.15, 0.2) is 0 Å². The standard InChI is InChI=1S/C11H12BrN3O/c1-16-9-4-2-3-8(5-9)7-15-11(13)10(12)6-14-15/h2-6H,7,13H2,1H3. The zero-order chi connectivity index (χ0) is 11.5. The first-order valence-electron chi connectivity index (χ1n) is 4.80. The molecule has 2 rings (SSSR count). The van der Waals surface area contributed by atoms with Gasteiger partial charge in [0.05, 0.1) is 24.3 Å². The molecule has 0 aliphatic rings. The maximum Gasteiger partial charge on any atom is 0.136 e. The van der Waals surface area contributed by atoms with Gasteiger partial charge in [-0.05, 0) is 33.6 Å². The van der Waals surface area contributed by atoms with Crippen LogP contribution in [-0.2, 0) is 6.54 Å². The summed E-state index contributed by atoms with van der Waals surface area (Å²) in [6.07, 6.45) is 1.69. The smallest absolute Gasteiger partial charge is 0.136 e. The number of ether oxygens (including phenoxy) is 1. The largest absolute Gasteiger partial charge is 0.497 e. The second-order valence-electron chi connectivity index (χ2n) is 3.39. The number of anilines is 1. The minimum Gasteiger partial charge on any atom is -0.497 e. The van der Waals surface area contributed by atoms with Crippen molar-refractivity contribution in [3.63, 3.8) is 0 Å². The Kier molecular flexibility index (Phi) is 3.14. The van der Waals surface area contributed by atoms with E-state index in [2.05, 4.69) is 21.0 Å². The minimum atomic E-state index is 0.628. The summed E-state index contributed by atoms with van der Waals surface area (Å²) >= 11 is 3.32. The van der Waals surface area contributed by atoms with Gasteiger partial charge < -0.3 is 10.5 Å². The number of nitrogens with two attached hydrogens (primary N) is 1. The highest BCUT2D eigenvalue weighted by Crippen LogP contribution is 2.20. The molecule has 0 unspecified atom stereocenters. The predicted octanol–water partition coefficient (Wildman–Crippen LogP) is 2.28. The molecular formula is C11H12BrN3O. The molecule has 4 nitrogen and oxygen atoms in total. The van der Waals surface area contributed by atoms with E-state index in [0.717, 1.165) is 15.8 Å². The van der Waals surface area contributed by atoms with E-state index in [1.54, 1.807) is 18.0 Å². The second-order valence-corrected chi connectivity index (χ2v) is 4.24. The van der Waals surface area contributed by atoms with Gasteiger partial charge >= 0.3 is 0 Å². The molecule has 2 aromatic rings. The molecule has 0 radical (unpaired) electrons. The van der Waals surface area contributed by atoms with Gasteiger partial charge in [-0.1, -0.05) is 12.1 Å². The number of aromatic nitrogens is 2. The fourth-order valence-electron chi connectivity index (χ4n) is 1.44. The van der Waals surface area contributed by atoms with Gasteiger partial charge in [-0.3, -0.25) is 0 Å². The molecule has 0 amide bonds. The van der Waals surface area contributed by atoms with Crippen LogP contribution in [0.3, 0.4) is 0 Å². The highest BCUT2D eigenvalue weighted by molar-refractivity contribution is 9.10. The lowest BCUT2D eigenvalue weighted by atomic mass is 10.2. The van der Waals surface area contributed by atoms with E-state index in [1.165, 1.54) is 0 Å². The maximum absolute atomic E-state index is 5.84.